The molecule has 0 aromatic heterocycles. The van der Waals surface area contributed by atoms with Crippen molar-refractivity contribution in [2.75, 3.05) is 6.54 Å². The molecule has 0 bridgehead atoms. The zero-order valence-corrected chi connectivity index (χ0v) is 16.5. The summed E-state index contributed by atoms with van der Waals surface area (Å²) in [7, 11) is -3.72. The fraction of sp³-hybridized carbons (Fsp3) is 0.333. The summed E-state index contributed by atoms with van der Waals surface area (Å²) in [4.78, 5) is 14.8. The maximum Gasteiger partial charge on any atom is 0.329 e. The molecule has 1 fully saturated rings. The first-order chi connectivity index (χ1) is 13.5. The zero-order chi connectivity index (χ0) is 19.7. The van der Waals surface area contributed by atoms with E-state index in [9.17, 15) is 13.2 Å². The molecule has 6 nitrogen and oxygen atoms in total. The van der Waals surface area contributed by atoms with Gasteiger partial charge < -0.3 is 9.64 Å². The fourth-order valence-electron chi connectivity index (χ4n) is 3.78. The predicted octanol–water partition coefficient (Wildman–Crippen LogP) is 3.04. The molecule has 0 amide bonds. The topological polar surface area (TPSA) is 76.0 Å². The number of hydrogen-bond acceptors (Lipinski definition) is 5. The largest absolute Gasteiger partial charge is 0.459 e. The molecule has 146 valence electrons. The number of benzene rings is 2. The fourth-order valence-corrected chi connectivity index (χ4v) is 5.00. The van der Waals surface area contributed by atoms with Crippen molar-refractivity contribution in [3.63, 3.8) is 0 Å². The molecule has 2 aliphatic heterocycles. The molecule has 0 N–H and O–H groups in total. The van der Waals surface area contributed by atoms with Crippen LogP contribution in [0.2, 0.25) is 0 Å². The lowest BCUT2D eigenvalue weighted by Gasteiger charge is -2.35. The normalized spacial score (nSPS) is 20.4. The van der Waals surface area contributed by atoms with Gasteiger partial charge in [-0.25, -0.2) is 4.79 Å². The van der Waals surface area contributed by atoms with Gasteiger partial charge in [-0.15, -0.1) is 4.40 Å². The van der Waals surface area contributed by atoms with Crippen LogP contribution < -0.4 is 0 Å². The lowest BCUT2D eigenvalue weighted by molar-refractivity contribution is -0.150. The van der Waals surface area contributed by atoms with Crippen molar-refractivity contribution >= 4 is 21.8 Å². The number of piperidine rings is 1. The smallest absolute Gasteiger partial charge is 0.329 e. The second-order valence-electron chi connectivity index (χ2n) is 7.19. The number of amidine groups is 1. The molecule has 0 unspecified atom stereocenters. The van der Waals surface area contributed by atoms with Crippen LogP contribution in [-0.2, 0) is 26.2 Å². The molecule has 0 spiro atoms. The standard InChI is InChI=1S/C21H22N2O4S/c1-15-7-6-8-16(13-15)14-27-21(24)18-10-4-5-12-23(18)20-17-9-2-3-11-19(17)28(25,26)22-20/h2-3,6-9,11,13,18H,4-5,10,12,14H2,1H3/t18-/m1/s1. The van der Waals surface area contributed by atoms with Gasteiger partial charge in [-0.05, 0) is 43.9 Å². The third-order valence-electron chi connectivity index (χ3n) is 5.12. The molecule has 7 heteroatoms. The summed E-state index contributed by atoms with van der Waals surface area (Å²) >= 11 is 0. The van der Waals surface area contributed by atoms with E-state index in [0.29, 0.717) is 24.4 Å². The average molecular weight is 398 g/mol. The number of carbonyl (C=O) groups is 1. The zero-order valence-electron chi connectivity index (χ0n) is 15.7. The molecule has 0 saturated carbocycles. The molecule has 2 aromatic carbocycles. The maximum atomic E-state index is 12.8. The van der Waals surface area contributed by atoms with E-state index in [1.807, 2.05) is 31.2 Å². The summed E-state index contributed by atoms with van der Waals surface area (Å²) in [5.74, 6) is 0.0125. The van der Waals surface area contributed by atoms with Crippen molar-refractivity contribution in [1.82, 2.24) is 4.90 Å². The lowest BCUT2D eigenvalue weighted by atomic mass is 10.0. The van der Waals surface area contributed by atoms with Gasteiger partial charge in [-0.2, -0.15) is 8.42 Å². The third kappa shape index (κ3) is 3.54. The van der Waals surface area contributed by atoms with Gasteiger partial charge in [0, 0.05) is 12.1 Å². The molecule has 28 heavy (non-hydrogen) atoms. The van der Waals surface area contributed by atoms with Gasteiger partial charge in [0.2, 0.25) is 0 Å². The number of ether oxygens (including phenoxy) is 1. The summed E-state index contributed by atoms with van der Waals surface area (Å²) < 4.78 is 34.3. The quantitative estimate of drug-likeness (QED) is 0.743. The van der Waals surface area contributed by atoms with Gasteiger partial charge in [0.25, 0.3) is 10.0 Å². The van der Waals surface area contributed by atoms with Crippen LogP contribution in [0.1, 0.15) is 36.0 Å². The Morgan fingerprint density at radius 1 is 1.18 bits per heavy atom. The van der Waals surface area contributed by atoms with E-state index in [4.69, 9.17) is 4.74 Å². The van der Waals surface area contributed by atoms with E-state index in [-0.39, 0.29) is 17.5 Å². The minimum atomic E-state index is -3.72. The van der Waals surface area contributed by atoms with Crippen molar-refractivity contribution in [2.24, 2.45) is 4.40 Å². The van der Waals surface area contributed by atoms with Gasteiger partial charge >= 0.3 is 5.97 Å². The summed E-state index contributed by atoms with van der Waals surface area (Å²) in [6.07, 6.45) is 2.39. The molecule has 2 aliphatic rings. The summed E-state index contributed by atoms with van der Waals surface area (Å²) in [6.45, 7) is 2.77. The summed E-state index contributed by atoms with van der Waals surface area (Å²) in [5, 5.41) is 0. The van der Waals surface area contributed by atoms with Crippen LogP contribution in [0.15, 0.2) is 57.8 Å². The second kappa shape index (κ2) is 7.39. The highest BCUT2D eigenvalue weighted by Gasteiger charge is 2.38. The molecule has 4 rings (SSSR count). The molecule has 1 atom stereocenters. The van der Waals surface area contributed by atoms with Crippen molar-refractivity contribution in [3.05, 3.63) is 65.2 Å². The number of nitrogens with zero attached hydrogens (tertiary/aromatic N) is 2. The number of fused-ring (bicyclic) bond motifs is 1. The Balaban J connectivity index is 1.56. The number of rotatable bonds is 3. The van der Waals surface area contributed by atoms with E-state index in [1.54, 1.807) is 29.2 Å². The van der Waals surface area contributed by atoms with E-state index >= 15 is 0 Å². The monoisotopic (exact) mass is 398 g/mol. The lowest BCUT2D eigenvalue weighted by Crippen LogP contribution is -2.48. The summed E-state index contributed by atoms with van der Waals surface area (Å²) in [6, 6.07) is 14.0. The summed E-state index contributed by atoms with van der Waals surface area (Å²) in [5.41, 5.74) is 2.60. The first-order valence-electron chi connectivity index (χ1n) is 9.39. The van der Waals surface area contributed by atoms with Crippen molar-refractivity contribution in [3.8, 4) is 0 Å². The van der Waals surface area contributed by atoms with Gasteiger partial charge in [-0.1, -0.05) is 42.0 Å². The van der Waals surface area contributed by atoms with Crippen LogP contribution in [0.3, 0.4) is 0 Å². The van der Waals surface area contributed by atoms with E-state index in [2.05, 4.69) is 4.40 Å². The SMILES string of the molecule is Cc1cccc(COC(=O)[C@H]2CCCCN2C2=NS(=O)(=O)c3ccccc32)c1. The van der Waals surface area contributed by atoms with Gasteiger partial charge in [-0.3, -0.25) is 0 Å². The molecule has 2 aromatic rings. The first-order valence-corrected chi connectivity index (χ1v) is 10.8. The van der Waals surface area contributed by atoms with E-state index in [0.717, 1.165) is 24.0 Å². The van der Waals surface area contributed by atoms with Crippen molar-refractivity contribution in [2.45, 2.75) is 43.7 Å². The Morgan fingerprint density at radius 2 is 2.00 bits per heavy atom. The highest BCUT2D eigenvalue weighted by molar-refractivity contribution is 7.90. The number of esters is 1. The third-order valence-corrected chi connectivity index (χ3v) is 6.45. The Bertz CT molecular complexity index is 1050. The van der Waals surface area contributed by atoms with Crippen LogP contribution in [-0.4, -0.2) is 37.7 Å². The Labute approximate surface area is 164 Å². The molecular weight excluding hydrogens is 376 g/mol. The van der Waals surface area contributed by atoms with Gasteiger partial charge in [0.1, 0.15) is 17.5 Å². The number of aryl methyl sites for hydroxylation is 1. The minimum Gasteiger partial charge on any atom is -0.459 e. The highest BCUT2D eigenvalue weighted by Crippen LogP contribution is 2.31. The van der Waals surface area contributed by atoms with Gasteiger partial charge in [0.15, 0.2) is 5.84 Å². The average Bonchev–Trinajstić information content (AvgIpc) is 2.97. The van der Waals surface area contributed by atoms with Crippen LogP contribution in [0.4, 0.5) is 0 Å². The first kappa shape index (κ1) is 18.7. The number of carbonyl (C=O) groups excluding carboxylic acids is 1. The van der Waals surface area contributed by atoms with Crippen LogP contribution >= 0.6 is 0 Å². The van der Waals surface area contributed by atoms with Crippen LogP contribution in [0, 0.1) is 6.92 Å². The molecule has 0 radical (unpaired) electrons. The number of likely N-dealkylation sites (tertiary alicyclic amines) is 1. The Kier molecular flexibility index (Phi) is 4.93. The van der Waals surface area contributed by atoms with Gasteiger partial charge in [0.05, 0.1) is 0 Å². The molecular formula is C21H22N2O4S. The number of sulfonamides is 1. The molecule has 0 aliphatic carbocycles. The second-order valence-corrected chi connectivity index (χ2v) is 8.76. The molecule has 2 heterocycles. The van der Waals surface area contributed by atoms with E-state index in [1.165, 1.54) is 0 Å². The van der Waals surface area contributed by atoms with Crippen LogP contribution in [0.5, 0.6) is 0 Å². The van der Waals surface area contributed by atoms with Crippen LogP contribution in [0.25, 0.3) is 0 Å². The maximum absolute atomic E-state index is 12.8. The Morgan fingerprint density at radius 3 is 2.82 bits per heavy atom. The molecule has 1 saturated heterocycles. The minimum absolute atomic E-state index is 0.197. The highest BCUT2D eigenvalue weighted by atomic mass is 32.2. The Hall–Kier alpha value is -2.67. The number of hydrogen-bond donors (Lipinski definition) is 0. The van der Waals surface area contributed by atoms with E-state index < -0.39 is 16.1 Å². The van der Waals surface area contributed by atoms with Crippen molar-refractivity contribution in [1.29, 1.82) is 0 Å². The van der Waals surface area contributed by atoms with Crippen molar-refractivity contribution < 1.29 is 17.9 Å². The predicted molar refractivity (Wildman–Crippen MR) is 105 cm³/mol.